The van der Waals surface area contributed by atoms with Crippen LogP contribution in [0.5, 0.6) is 0 Å². The van der Waals surface area contributed by atoms with Crippen LogP contribution in [-0.4, -0.2) is 35.2 Å². The number of hydrogen-bond acceptors (Lipinski definition) is 3. The number of carboxylic acid groups (broad SMARTS) is 1. The van der Waals surface area contributed by atoms with Gasteiger partial charge in [-0.2, -0.15) is 0 Å². The third kappa shape index (κ3) is 5.21. The van der Waals surface area contributed by atoms with E-state index in [9.17, 15) is 18.4 Å². The van der Waals surface area contributed by atoms with E-state index in [0.717, 1.165) is 15.7 Å². The highest BCUT2D eigenvalue weighted by Crippen LogP contribution is 2.23. The molecule has 122 valence electrons. The highest BCUT2D eigenvalue weighted by atomic mass is 32.2. The van der Waals surface area contributed by atoms with Gasteiger partial charge >= 0.3 is 5.97 Å². The summed E-state index contributed by atoms with van der Waals surface area (Å²) in [6.45, 7) is 0. The minimum atomic E-state index is -2.79. The topological polar surface area (TPSA) is 66.4 Å². The van der Waals surface area contributed by atoms with E-state index in [0.29, 0.717) is 0 Å². The molecule has 0 bridgehead atoms. The van der Waals surface area contributed by atoms with Crippen LogP contribution in [0, 0.1) is 0 Å². The average Bonchev–Trinajstić information content (AvgIpc) is 2.51. The molecule has 1 amide bonds. The van der Waals surface area contributed by atoms with E-state index in [-0.39, 0.29) is 5.75 Å². The van der Waals surface area contributed by atoms with Gasteiger partial charge in [-0.3, -0.25) is 4.79 Å². The number of alkyl halides is 2. The summed E-state index contributed by atoms with van der Waals surface area (Å²) < 4.78 is 24.5. The number of carboxylic acids is 1. The fourth-order valence-corrected chi connectivity index (χ4v) is 2.80. The van der Waals surface area contributed by atoms with Crippen molar-refractivity contribution in [1.29, 1.82) is 0 Å². The second-order valence-electron chi connectivity index (χ2n) is 4.88. The first-order valence-electron chi connectivity index (χ1n) is 6.87. The Hall–Kier alpha value is -2.15. The van der Waals surface area contributed by atoms with E-state index < -0.39 is 30.8 Å². The lowest BCUT2D eigenvalue weighted by Gasteiger charge is -2.13. The molecule has 1 atom stereocenters. The molecule has 0 radical (unpaired) electrons. The number of rotatable bonds is 7. The fourth-order valence-electron chi connectivity index (χ4n) is 2.04. The molecule has 0 spiro atoms. The quantitative estimate of drug-likeness (QED) is 0.761. The first-order valence-corrected chi connectivity index (χ1v) is 7.86. The van der Waals surface area contributed by atoms with Crippen LogP contribution in [0.2, 0.25) is 0 Å². The van der Waals surface area contributed by atoms with Gasteiger partial charge in [-0.1, -0.05) is 30.3 Å². The standard InChI is InChI=1S/C16H15F2NO3S/c17-14(18)8-13(16(21)22)19-15(20)9-23-12-6-5-10-3-1-2-4-11(10)7-12/h1-7,13-14H,8-9H2,(H,19,20)(H,21,22). The Morgan fingerprint density at radius 3 is 2.48 bits per heavy atom. The van der Waals surface area contributed by atoms with Crippen molar-refractivity contribution in [2.45, 2.75) is 23.8 Å². The molecule has 0 aromatic heterocycles. The summed E-state index contributed by atoms with van der Waals surface area (Å²) in [7, 11) is 0. The molecule has 1 unspecified atom stereocenters. The molecule has 2 aromatic carbocycles. The van der Waals surface area contributed by atoms with Crippen molar-refractivity contribution >= 4 is 34.4 Å². The molecule has 7 heteroatoms. The monoisotopic (exact) mass is 339 g/mol. The Morgan fingerprint density at radius 2 is 1.83 bits per heavy atom. The first-order chi connectivity index (χ1) is 11.0. The van der Waals surface area contributed by atoms with Gasteiger partial charge in [-0.15, -0.1) is 11.8 Å². The predicted octanol–water partition coefficient (Wildman–Crippen LogP) is 3.16. The molecule has 0 saturated heterocycles. The zero-order chi connectivity index (χ0) is 16.8. The molecule has 23 heavy (non-hydrogen) atoms. The fraction of sp³-hybridized carbons (Fsp3) is 0.250. The predicted molar refractivity (Wildman–Crippen MR) is 84.9 cm³/mol. The van der Waals surface area contributed by atoms with Gasteiger partial charge in [0.05, 0.1) is 5.75 Å². The molecule has 2 aromatic rings. The molecule has 0 aliphatic heterocycles. The number of halogens is 2. The van der Waals surface area contributed by atoms with Crippen LogP contribution in [-0.2, 0) is 9.59 Å². The van der Waals surface area contributed by atoms with Crippen molar-refractivity contribution in [2.75, 3.05) is 5.75 Å². The third-order valence-electron chi connectivity index (χ3n) is 3.14. The van der Waals surface area contributed by atoms with Gasteiger partial charge in [0.2, 0.25) is 12.3 Å². The lowest BCUT2D eigenvalue weighted by Crippen LogP contribution is -2.42. The number of carbonyl (C=O) groups excluding carboxylic acids is 1. The lowest BCUT2D eigenvalue weighted by atomic mass is 10.1. The van der Waals surface area contributed by atoms with Crippen LogP contribution >= 0.6 is 11.8 Å². The number of hydrogen-bond donors (Lipinski definition) is 2. The molecule has 0 saturated carbocycles. The Labute approximate surface area is 135 Å². The number of thioether (sulfide) groups is 1. The Kier molecular flexibility index (Phi) is 5.92. The SMILES string of the molecule is O=C(CSc1ccc2ccccc2c1)NC(CC(F)F)C(=O)O. The molecule has 0 aliphatic carbocycles. The molecule has 0 fully saturated rings. The Balaban J connectivity index is 1.93. The van der Waals surface area contributed by atoms with E-state index in [1.54, 1.807) is 0 Å². The van der Waals surface area contributed by atoms with E-state index in [1.165, 1.54) is 11.8 Å². The van der Waals surface area contributed by atoms with Gasteiger partial charge in [0.1, 0.15) is 6.04 Å². The average molecular weight is 339 g/mol. The molecular formula is C16H15F2NO3S. The van der Waals surface area contributed by atoms with Gasteiger partial charge < -0.3 is 10.4 Å². The van der Waals surface area contributed by atoms with Crippen LogP contribution < -0.4 is 5.32 Å². The largest absolute Gasteiger partial charge is 0.480 e. The lowest BCUT2D eigenvalue weighted by molar-refractivity contribution is -0.142. The van der Waals surface area contributed by atoms with Gasteiger partial charge in [-0.05, 0) is 22.9 Å². The first kappa shape index (κ1) is 17.2. The second-order valence-corrected chi connectivity index (χ2v) is 5.93. The summed E-state index contributed by atoms with van der Waals surface area (Å²) in [6, 6.07) is 11.9. The third-order valence-corrected chi connectivity index (χ3v) is 4.13. The molecular weight excluding hydrogens is 324 g/mol. The van der Waals surface area contributed by atoms with E-state index >= 15 is 0 Å². The summed E-state index contributed by atoms with van der Waals surface area (Å²) in [4.78, 5) is 23.4. The van der Waals surface area contributed by atoms with Crippen LogP contribution in [0.3, 0.4) is 0 Å². The molecule has 4 nitrogen and oxygen atoms in total. The number of aliphatic carboxylic acids is 1. The maximum atomic E-state index is 12.3. The number of fused-ring (bicyclic) bond motifs is 1. The van der Waals surface area contributed by atoms with Crippen molar-refractivity contribution in [1.82, 2.24) is 5.32 Å². The number of amides is 1. The maximum Gasteiger partial charge on any atom is 0.326 e. The maximum absolute atomic E-state index is 12.3. The van der Waals surface area contributed by atoms with Gasteiger partial charge in [0, 0.05) is 11.3 Å². The normalized spacial score (nSPS) is 12.3. The van der Waals surface area contributed by atoms with Crippen molar-refractivity contribution in [3.05, 3.63) is 42.5 Å². The van der Waals surface area contributed by atoms with Crippen LogP contribution in [0.25, 0.3) is 10.8 Å². The Bertz CT molecular complexity index is 709. The van der Waals surface area contributed by atoms with Gasteiger partial charge in [0.25, 0.3) is 0 Å². The van der Waals surface area contributed by atoms with E-state index in [4.69, 9.17) is 5.11 Å². The number of nitrogens with one attached hydrogen (secondary N) is 1. The minimum absolute atomic E-state index is 0.0364. The number of carbonyl (C=O) groups is 2. The molecule has 0 heterocycles. The smallest absolute Gasteiger partial charge is 0.326 e. The zero-order valence-electron chi connectivity index (χ0n) is 12.0. The summed E-state index contributed by atoms with van der Waals surface area (Å²) in [5.41, 5.74) is 0. The highest BCUT2D eigenvalue weighted by Gasteiger charge is 2.23. The highest BCUT2D eigenvalue weighted by molar-refractivity contribution is 8.00. The molecule has 2 rings (SSSR count). The van der Waals surface area contributed by atoms with Crippen LogP contribution in [0.4, 0.5) is 8.78 Å². The van der Waals surface area contributed by atoms with E-state index in [1.807, 2.05) is 42.5 Å². The summed E-state index contributed by atoms with van der Waals surface area (Å²) >= 11 is 1.22. The Morgan fingerprint density at radius 1 is 1.13 bits per heavy atom. The number of benzene rings is 2. The van der Waals surface area contributed by atoms with E-state index in [2.05, 4.69) is 5.32 Å². The zero-order valence-corrected chi connectivity index (χ0v) is 12.9. The summed E-state index contributed by atoms with van der Waals surface area (Å²) in [6.07, 6.45) is -3.69. The van der Waals surface area contributed by atoms with Crippen molar-refractivity contribution < 1.29 is 23.5 Å². The van der Waals surface area contributed by atoms with Crippen molar-refractivity contribution in [3.8, 4) is 0 Å². The van der Waals surface area contributed by atoms with Gasteiger partial charge in [-0.25, -0.2) is 13.6 Å². The minimum Gasteiger partial charge on any atom is -0.480 e. The van der Waals surface area contributed by atoms with Crippen LogP contribution in [0.1, 0.15) is 6.42 Å². The molecule has 0 aliphatic rings. The second kappa shape index (κ2) is 7.92. The van der Waals surface area contributed by atoms with Gasteiger partial charge in [0.15, 0.2) is 0 Å². The summed E-state index contributed by atoms with van der Waals surface area (Å²) in [5.74, 6) is -2.09. The van der Waals surface area contributed by atoms with Crippen molar-refractivity contribution in [3.63, 3.8) is 0 Å². The molecule has 2 N–H and O–H groups in total. The van der Waals surface area contributed by atoms with Crippen molar-refractivity contribution in [2.24, 2.45) is 0 Å². The van der Waals surface area contributed by atoms with Crippen LogP contribution in [0.15, 0.2) is 47.4 Å². The summed E-state index contributed by atoms with van der Waals surface area (Å²) in [5, 5.41) is 13.0.